The van der Waals surface area contributed by atoms with Crippen LogP contribution < -0.4 is 14.9 Å². The summed E-state index contributed by atoms with van der Waals surface area (Å²) in [6, 6.07) is 12.3. The SMILES string of the molecule is CCOC(=O)[C@H](C)Oc1ccc2c(=O)c(Oc3ccc(CC)cc3)coc2c1. The fourth-order valence-electron chi connectivity index (χ4n) is 2.67. The van der Waals surface area contributed by atoms with Crippen LogP contribution in [0, 0.1) is 0 Å². The van der Waals surface area contributed by atoms with Crippen molar-refractivity contribution in [3.8, 4) is 17.2 Å². The Morgan fingerprint density at radius 1 is 1.07 bits per heavy atom. The van der Waals surface area contributed by atoms with Gasteiger partial charge in [0.1, 0.15) is 23.3 Å². The number of benzene rings is 2. The summed E-state index contributed by atoms with van der Waals surface area (Å²) in [4.78, 5) is 24.4. The predicted molar refractivity (Wildman–Crippen MR) is 105 cm³/mol. The molecule has 28 heavy (non-hydrogen) atoms. The molecule has 146 valence electrons. The molecule has 0 aliphatic rings. The monoisotopic (exact) mass is 382 g/mol. The lowest BCUT2D eigenvalue weighted by molar-refractivity contribution is -0.150. The first-order valence-corrected chi connectivity index (χ1v) is 9.17. The maximum absolute atomic E-state index is 12.7. The van der Waals surface area contributed by atoms with Crippen LogP contribution in [0.25, 0.3) is 11.0 Å². The molecular formula is C22H22O6. The minimum Gasteiger partial charge on any atom is -0.479 e. The van der Waals surface area contributed by atoms with Crippen LogP contribution in [0.3, 0.4) is 0 Å². The fraction of sp³-hybridized carbons (Fsp3) is 0.273. The molecule has 0 amide bonds. The molecule has 0 fully saturated rings. The number of esters is 1. The molecule has 1 atom stereocenters. The van der Waals surface area contributed by atoms with E-state index in [1.165, 1.54) is 11.8 Å². The highest BCUT2D eigenvalue weighted by atomic mass is 16.6. The molecule has 0 spiro atoms. The van der Waals surface area contributed by atoms with E-state index in [-0.39, 0.29) is 17.8 Å². The molecule has 0 unspecified atom stereocenters. The summed E-state index contributed by atoms with van der Waals surface area (Å²) in [5, 5.41) is 0.360. The van der Waals surface area contributed by atoms with Crippen molar-refractivity contribution in [2.45, 2.75) is 33.3 Å². The molecule has 0 radical (unpaired) electrons. The first kappa shape index (κ1) is 19.5. The third-order valence-electron chi connectivity index (χ3n) is 4.21. The molecule has 0 aliphatic carbocycles. The first-order valence-electron chi connectivity index (χ1n) is 9.17. The summed E-state index contributed by atoms with van der Waals surface area (Å²) in [6.07, 6.45) is 1.44. The van der Waals surface area contributed by atoms with Crippen LogP contribution in [-0.2, 0) is 16.0 Å². The van der Waals surface area contributed by atoms with E-state index >= 15 is 0 Å². The van der Waals surface area contributed by atoms with Gasteiger partial charge in [0.15, 0.2) is 6.10 Å². The highest BCUT2D eigenvalue weighted by molar-refractivity contribution is 5.79. The lowest BCUT2D eigenvalue weighted by Gasteiger charge is -2.13. The van der Waals surface area contributed by atoms with Crippen molar-refractivity contribution in [2.24, 2.45) is 0 Å². The second kappa shape index (κ2) is 8.61. The normalized spacial score (nSPS) is 11.8. The quantitative estimate of drug-likeness (QED) is 0.561. The van der Waals surface area contributed by atoms with E-state index < -0.39 is 12.1 Å². The minimum absolute atomic E-state index is 0.102. The summed E-state index contributed by atoms with van der Waals surface area (Å²) >= 11 is 0. The van der Waals surface area contributed by atoms with Crippen molar-refractivity contribution in [1.29, 1.82) is 0 Å². The molecule has 0 saturated carbocycles. The van der Waals surface area contributed by atoms with Gasteiger partial charge in [-0.25, -0.2) is 4.79 Å². The van der Waals surface area contributed by atoms with Gasteiger partial charge < -0.3 is 18.6 Å². The number of fused-ring (bicyclic) bond motifs is 1. The second-order valence-electron chi connectivity index (χ2n) is 6.20. The molecule has 1 aromatic heterocycles. The topological polar surface area (TPSA) is 75.0 Å². The van der Waals surface area contributed by atoms with E-state index in [2.05, 4.69) is 6.92 Å². The molecule has 6 nitrogen and oxygen atoms in total. The highest BCUT2D eigenvalue weighted by Crippen LogP contribution is 2.25. The molecule has 3 aromatic rings. The van der Waals surface area contributed by atoms with Gasteiger partial charge in [-0.2, -0.15) is 0 Å². The summed E-state index contributed by atoms with van der Waals surface area (Å²) in [7, 11) is 0. The van der Waals surface area contributed by atoms with Crippen LogP contribution in [0.2, 0.25) is 0 Å². The number of carbonyl (C=O) groups is 1. The number of aryl methyl sites for hydroxylation is 1. The number of hydrogen-bond acceptors (Lipinski definition) is 6. The molecule has 0 saturated heterocycles. The van der Waals surface area contributed by atoms with Crippen molar-refractivity contribution < 1.29 is 23.4 Å². The lowest BCUT2D eigenvalue weighted by Crippen LogP contribution is -2.26. The predicted octanol–water partition coefficient (Wildman–Crippen LogP) is 4.48. The fourth-order valence-corrected chi connectivity index (χ4v) is 2.67. The Bertz CT molecular complexity index is 1020. The van der Waals surface area contributed by atoms with Gasteiger partial charge in [0.05, 0.1) is 12.0 Å². The first-order chi connectivity index (χ1) is 13.5. The summed E-state index contributed by atoms with van der Waals surface area (Å²) in [5.41, 5.74) is 1.24. The van der Waals surface area contributed by atoms with Crippen LogP contribution in [0.15, 0.2) is 57.9 Å². The standard InChI is InChI=1S/C22H22O6/c1-4-15-6-8-16(9-7-15)28-20-13-26-19-12-17(10-11-18(19)21(20)23)27-14(3)22(24)25-5-2/h6-14H,4-5H2,1-3H3/t14-/m0/s1. The van der Waals surface area contributed by atoms with Gasteiger partial charge in [0.25, 0.3) is 0 Å². The number of carbonyl (C=O) groups excluding carboxylic acids is 1. The molecule has 0 aliphatic heterocycles. The van der Waals surface area contributed by atoms with Gasteiger partial charge in [-0.3, -0.25) is 4.79 Å². The van der Waals surface area contributed by atoms with Gasteiger partial charge in [-0.15, -0.1) is 0 Å². The van der Waals surface area contributed by atoms with Crippen molar-refractivity contribution in [3.05, 3.63) is 64.5 Å². The Morgan fingerprint density at radius 3 is 2.46 bits per heavy atom. The van der Waals surface area contributed by atoms with Crippen molar-refractivity contribution >= 4 is 16.9 Å². The third-order valence-corrected chi connectivity index (χ3v) is 4.21. The van der Waals surface area contributed by atoms with Crippen LogP contribution in [0.1, 0.15) is 26.3 Å². The Labute approximate surface area is 162 Å². The highest BCUT2D eigenvalue weighted by Gasteiger charge is 2.17. The summed E-state index contributed by atoms with van der Waals surface area (Å²) in [5.74, 6) is 0.610. The second-order valence-corrected chi connectivity index (χ2v) is 6.20. The number of rotatable bonds is 7. The maximum Gasteiger partial charge on any atom is 0.347 e. The van der Waals surface area contributed by atoms with Crippen LogP contribution in [-0.4, -0.2) is 18.7 Å². The van der Waals surface area contributed by atoms with Crippen molar-refractivity contribution in [2.75, 3.05) is 6.61 Å². The molecule has 0 N–H and O–H groups in total. The largest absolute Gasteiger partial charge is 0.479 e. The summed E-state index contributed by atoms with van der Waals surface area (Å²) in [6.45, 7) is 5.68. The Hall–Kier alpha value is -3.28. The molecule has 2 aromatic carbocycles. The van der Waals surface area contributed by atoms with E-state index in [0.29, 0.717) is 22.5 Å². The number of ether oxygens (including phenoxy) is 3. The molecule has 0 bridgehead atoms. The van der Waals surface area contributed by atoms with E-state index in [9.17, 15) is 9.59 Å². The Balaban J connectivity index is 1.82. The van der Waals surface area contributed by atoms with Crippen LogP contribution >= 0.6 is 0 Å². The average molecular weight is 382 g/mol. The van der Waals surface area contributed by atoms with Gasteiger partial charge in [0.2, 0.25) is 11.2 Å². The van der Waals surface area contributed by atoms with Crippen LogP contribution in [0.4, 0.5) is 0 Å². The maximum atomic E-state index is 12.7. The Morgan fingerprint density at radius 2 is 1.79 bits per heavy atom. The number of hydrogen-bond donors (Lipinski definition) is 0. The molecular weight excluding hydrogens is 360 g/mol. The van der Waals surface area contributed by atoms with Gasteiger partial charge >= 0.3 is 5.97 Å². The third kappa shape index (κ3) is 4.34. The molecule has 1 heterocycles. The molecule has 3 rings (SSSR count). The zero-order valence-corrected chi connectivity index (χ0v) is 16.1. The Kier molecular flexibility index (Phi) is 5.99. The zero-order valence-electron chi connectivity index (χ0n) is 16.1. The summed E-state index contributed by atoms with van der Waals surface area (Å²) < 4.78 is 21.7. The van der Waals surface area contributed by atoms with E-state index in [1.807, 2.05) is 24.3 Å². The van der Waals surface area contributed by atoms with E-state index in [4.69, 9.17) is 18.6 Å². The van der Waals surface area contributed by atoms with Gasteiger partial charge in [0, 0.05) is 6.07 Å². The lowest BCUT2D eigenvalue weighted by atomic mass is 10.2. The van der Waals surface area contributed by atoms with E-state index in [0.717, 1.165) is 6.42 Å². The van der Waals surface area contributed by atoms with Gasteiger partial charge in [-0.1, -0.05) is 19.1 Å². The molecule has 6 heteroatoms. The average Bonchev–Trinajstić information content (AvgIpc) is 2.71. The van der Waals surface area contributed by atoms with Crippen molar-refractivity contribution in [1.82, 2.24) is 0 Å². The van der Waals surface area contributed by atoms with Gasteiger partial charge in [-0.05, 0) is 50.1 Å². The minimum atomic E-state index is -0.766. The van der Waals surface area contributed by atoms with Crippen LogP contribution in [0.5, 0.6) is 17.2 Å². The zero-order chi connectivity index (χ0) is 20.1. The van der Waals surface area contributed by atoms with E-state index in [1.54, 1.807) is 32.0 Å². The van der Waals surface area contributed by atoms with Crippen molar-refractivity contribution in [3.63, 3.8) is 0 Å². The smallest absolute Gasteiger partial charge is 0.347 e.